The van der Waals surface area contributed by atoms with E-state index in [1.54, 1.807) is 6.07 Å². The Morgan fingerprint density at radius 2 is 1.67 bits per heavy atom. The standard InChI is InChI=1S/C18H22O4S.Na/c1-2-3-4-6-9-15-14-17(12-13-18(15)23(19,20)21)22-16-10-7-5-8-11-16;/h5,7-8,10-14H,2-4,6,9H2,1H3,(H,19,20,21);/q;+1/p-1. The average molecular weight is 356 g/mol. The van der Waals surface area contributed by atoms with E-state index >= 15 is 0 Å². The van der Waals surface area contributed by atoms with E-state index in [0.29, 0.717) is 23.5 Å². The Labute approximate surface area is 166 Å². The summed E-state index contributed by atoms with van der Waals surface area (Å²) in [6, 6.07) is 13.8. The monoisotopic (exact) mass is 356 g/mol. The second kappa shape index (κ2) is 10.2. The minimum atomic E-state index is -4.47. The van der Waals surface area contributed by atoms with Gasteiger partial charge in [0, 0.05) is 0 Å². The first-order valence-corrected chi connectivity index (χ1v) is 9.23. The Bertz CT molecular complexity index is 730. The van der Waals surface area contributed by atoms with Crippen LogP contribution in [-0.4, -0.2) is 13.0 Å². The maximum Gasteiger partial charge on any atom is 1.00 e. The zero-order chi connectivity index (χ0) is 16.7. The van der Waals surface area contributed by atoms with Gasteiger partial charge in [0.05, 0.1) is 4.90 Å². The molecule has 0 aliphatic carbocycles. The third-order valence-electron chi connectivity index (χ3n) is 3.58. The maximum atomic E-state index is 11.4. The maximum absolute atomic E-state index is 11.4. The predicted octanol–water partition coefficient (Wildman–Crippen LogP) is 1.51. The molecule has 2 aromatic rings. The predicted molar refractivity (Wildman–Crippen MR) is 88.8 cm³/mol. The molecule has 0 saturated heterocycles. The third kappa shape index (κ3) is 6.57. The quantitative estimate of drug-likeness (QED) is 0.409. The normalized spacial score (nSPS) is 10.9. The summed E-state index contributed by atoms with van der Waals surface area (Å²) in [6.45, 7) is 2.11. The first kappa shape index (κ1) is 21.2. The summed E-state index contributed by atoms with van der Waals surface area (Å²) in [5, 5.41) is 0. The number of rotatable bonds is 8. The fourth-order valence-corrected chi connectivity index (χ4v) is 3.14. The summed E-state index contributed by atoms with van der Waals surface area (Å²) in [6.07, 6.45) is 4.62. The summed E-state index contributed by atoms with van der Waals surface area (Å²) in [5.74, 6) is 1.20. The zero-order valence-corrected chi connectivity index (χ0v) is 17.0. The van der Waals surface area contributed by atoms with Crippen molar-refractivity contribution in [1.82, 2.24) is 0 Å². The summed E-state index contributed by atoms with van der Waals surface area (Å²) >= 11 is 0. The molecule has 0 atom stereocenters. The minimum absolute atomic E-state index is 0. The number of ether oxygens (including phenoxy) is 1. The Kier molecular flexibility index (Phi) is 9.02. The van der Waals surface area contributed by atoms with E-state index in [4.69, 9.17) is 4.74 Å². The van der Waals surface area contributed by atoms with E-state index in [1.165, 1.54) is 12.1 Å². The van der Waals surface area contributed by atoms with Gasteiger partial charge in [0.2, 0.25) is 0 Å². The van der Waals surface area contributed by atoms with Crippen LogP contribution < -0.4 is 34.3 Å². The molecular formula is C18H21NaO4S. The fraction of sp³-hybridized carbons (Fsp3) is 0.333. The molecule has 124 valence electrons. The average Bonchev–Trinajstić information content (AvgIpc) is 2.52. The molecule has 2 aromatic carbocycles. The molecule has 0 aliphatic heterocycles. The first-order chi connectivity index (χ1) is 11.0. The number of aryl methyl sites for hydroxylation is 1. The molecular weight excluding hydrogens is 335 g/mol. The Morgan fingerprint density at radius 1 is 0.958 bits per heavy atom. The van der Waals surface area contributed by atoms with E-state index in [-0.39, 0.29) is 34.5 Å². The smallest absolute Gasteiger partial charge is 0.744 e. The Morgan fingerprint density at radius 3 is 2.29 bits per heavy atom. The van der Waals surface area contributed by atoms with Crippen LogP contribution in [0.25, 0.3) is 0 Å². The Balaban J connectivity index is 0.00000288. The second-order valence-corrected chi connectivity index (χ2v) is 6.80. The number of para-hydroxylation sites is 1. The summed E-state index contributed by atoms with van der Waals surface area (Å²) in [7, 11) is -4.47. The van der Waals surface area contributed by atoms with E-state index < -0.39 is 10.1 Å². The van der Waals surface area contributed by atoms with Crippen molar-refractivity contribution in [2.24, 2.45) is 0 Å². The molecule has 0 aromatic heterocycles. The van der Waals surface area contributed by atoms with Gasteiger partial charge < -0.3 is 9.29 Å². The molecule has 0 spiro atoms. The van der Waals surface area contributed by atoms with Crippen molar-refractivity contribution in [2.45, 2.75) is 43.9 Å². The summed E-state index contributed by atoms with van der Waals surface area (Å²) in [5.41, 5.74) is 0.532. The van der Waals surface area contributed by atoms with E-state index in [0.717, 1.165) is 25.7 Å². The van der Waals surface area contributed by atoms with Crippen LogP contribution in [0.15, 0.2) is 53.4 Å². The van der Waals surface area contributed by atoms with E-state index in [9.17, 15) is 13.0 Å². The molecule has 0 fully saturated rings. The van der Waals surface area contributed by atoms with Crippen LogP contribution in [0.5, 0.6) is 11.5 Å². The molecule has 0 amide bonds. The molecule has 6 heteroatoms. The van der Waals surface area contributed by atoms with Gasteiger partial charge in [-0.25, -0.2) is 8.42 Å². The van der Waals surface area contributed by atoms with Gasteiger partial charge >= 0.3 is 29.6 Å². The molecule has 24 heavy (non-hydrogen) atoms. The zero-order valence-electron chi connectivity index (χ0n) is 14.2. The van der Waals surface area contributed by atoms with Gasteiger partial charge in [-0.15, -0.1) is 0 Å². The SMILES string of the molecule is CCCCCCc1cc(Oc2ccccc2)ccc1S(=O)(=O)[O-].[Na+]. The van der Waals surface area contributed by atoms with Gasteiger partial charge in [-0.2, -0.15) is 0 Å². The molecule has 0 N–H and O–H groups in total. The molecule has 0 heterocycles. The topological polar surface area (TPSA) is 66.4 Å². The van der Waals surface area contributed by atoms with Gasteiger partial charge in [0.25, 0.3) is 0 Å². The number of benzene rings is 2. The van der Waals surface area contributed by atoms with Gasteiger partial charge in [-0.05, 0) is 48.7 Å². The minimum Gasteiger partial charge on any atom is -0.744 e. The van der Waals surface area contributed by atoms with Crippen molar-refractivity contribution in [3.8, 4) is 11.5 Å². The number of hydrogen-bond acceptors (Lipinski definition) is 4. The summed E-state index contributed by atoms with van der Waals surface area (Å²) in [4.78, 5) is -0.144. The molecule has 4 nitrogen and oxygen atoms in total. The van der Waals surface area contributed by atoms with Crippen LogP contribution in [0.4, 0.5) is 0 Å². The van der Waals surface area contributed by atoms with Crippen LogP contribution in [-0.2, 0) is 16.5 Å². The van der Waals surface area contributed by atoms with E-state index in [1.807, 2.05) is 30.3 Å². The van der Waals surface area contributed by atoms with Crippen LogP contribution in [0.1, 0.15) is 38.2 Å². The van der Waals surface area contributed by atoms with Crippen LogP contribution in [0.3, 0.4) is 0 Å². The van der Waals surface area contributed by atoms with Gasteiger partial charge in [-0.3, -0.25) is 0 Å². The summed E-state index contributed by atoms with van der Waals surface area (Å²) < 4.78 is 40.0. The van der Waals surface area contributed by atoms with Crippen molar-refractivity contribution in [2.75, 3.05) is 0 Å². The molecule has 0 radical (unpaired) electrons. The molecule has 0 unspecified atom stereocenters. The van der Waals surface area contributed by atoms with E-state index in [2.05, 4.69) is 6.92 Å². The third-order valence-corrected chi connectivity index (χ3v) is 4.52. The van der Waals surface area contributed by atoms with Crippen molar-refractivity contribution in [3.63, 3.8) is 0 Å². The Hall–Kier alpha value is -0.850. The van der Waals surface area contributed by atoms with Crippen LogP contribution >= 0.6 is 0 Å². The molecule has 2 rings (SSSR count). The van der Waals surface area contributed by atoms with Crippen LogP contribution in [0, 0.1) is 0 Å². The number of hydrogen-bond donors (Lipinski definition) is 0. The van der Waals surface area contributed by atoms with Crippen molar-refractivity contribution in [3.05, 3.63) is 54.1 Å². The van der Waals surface area contributed by atoms with Gasteiger partial charge in [0.15, 0.2) is 0 Å². The second-order valence-electron chi connectivity index (χ2n) is 5.45. The molecule has 0 aliphatic rings. The first-order valence-electron chi connectivity index (χ1n) is 7.82. The van der Waals surface area contributed by atoms with Crippen molar-refractivity contribution in [1.29, 1.82) is 0 Å². The van der Waals surface area contributed by atoms with Crippen LogP contribution in [0.2, 0.25) is 0 Å². The number of unbranched alkanes of at least 4 members (excludes halogenated alkanes) is 3. The largest absolute Gasteiger partial charge is 1.00 e. The van der Waals surface area contributed by atoms with Crippen molar-refractivity contribution >= 4 is 10.1 Å². The van der Waals surface area contributed by atoms with Gasteiger partial charge in [-0.1, -0.05) is 44.4 Å². The molecule has 0 bridgehead atoms. The molecule has 0 saturated carbocycles. The fourth-order valence-electron chi connectivity index (χ4n) is 2.43. The van der Waals surface area contributed by atoms with Crippen molar-refractivity contribution < 1.29 is 47.3 Å². The van der Waals surface area contributed by atoms with Gasteiger partial charge in [0.1, 0.15) is 21.6 Å².